The lowest BCUT2D eigenvalue weighted by atomic mass is 10.2. The van der Waals surface area contributed by atoms with E-state index in [1.54, 1.807) is 9.80 Å². The van der Waals surface area contributed by atoms with Crippen LogP contribution in [0.4, 0.5) is 10.5 Å². The van der Waals surface area contributed by atoms with Crippen molar-refractivity contribution in [3.8, 4) is 11.5 Å². The first-order valence-corrected chi connectivity index (χ1v) is 7.96. The molecule has 7 nitrogen and oxygen atoms in total. The molecule has 0 bridgehead atoms. The summed E-state index contributed by atoms with van der Waals surface area (Å²) in [6.45, 7) is 2.29. The Morgan fingerprint density at radius 3 is 2.74 bits per heavy atom. The lowest BCUT2D eigenvalue weighted by Crippen LogP contribution is -2.40. The molecule has 0 atom stereocenters. The number of nitrogens with zero attached hydrogens (tertiary/aromatic N) is 2. The number of anilines is 1. The SMILES string of the molecule is O=C(CN1CCN(c2ccc3c(c2)OCCO3)C1=O)NC1CC1. The van der Waals surface area contributed by atoms with Gasteiger partial charge in [0, 0.05) is 30.9 Å². The van der Waals surface area contributed by atoms with E-state index in [-0.39, 0.29) is 18.5 Å². The Morgan fingerprint density at radius 2 is 1.96 bits per heavy atom. The summed E-state index contributed by atoms with van der Waals surface area (Å²) >= 11 is 0. The zero-order valence-corrected chi connectivity index (χ0v) is 12.8. The summed E-state index contributed by atoms with van der Waals surface area (Å²) in [5, 5.41) is 2.91. The minimum atomic E-state index is -0.146. The Labute approximate surface area is 134 Å². The lowest BCUT2D eigenvalue weighted by Gasteiger charge is -2.22. The van der Waals surface area contributed by atoms with Crippen LogP contribution < -0.4 is 19.7 Å². The molecule has 3 aliphatic rings. The average molecular weight is 317 g/mol. The number of hydrogen-bond acceptors (Lipinski definition) is 4. The lowest BCUT2D eigenvalue weighted by molar-refractivity contribution is -0.121. The number of benzene rings is 1. The smallest absolute Gasteiger partial charge is 0.325 e. The number of ether oxygens (including phenoxy) is 2. The van der Waals surface area contributed by atoms with Crippen LogP contribution >= 0.6 is 0 Å². The topological polar surface area (TPSA) is 71.1 Å². The normalized spacial score (nSPS) is 19.9. The van der Waals surface area contributed by atoms with Crippen molar-refractivity contribution < 1.29 is 19.1 Å². The first kappa shape index (κ1) is 14.2. The summed E-state index contributed by atoms with van der Waals surface area (Å²) in [6, 6.07) is 5.65. The van der Waals surface area contributed by atoms with Gasteiger partial charge in [0.25, 0.3) is 0 Å². The van der Waals surface area contributed by atoms with E-state index in [0.29, 0.717) is 43.8 Å². The number of nitrogens with one attached hydrogen (secondary N) is 1. The van der Waals surface area contributed by atoms with E-state index in [0.717, 1.165) is 18.5 Å². The van der Waals surface area contributed by atoms with E-state index < -0.39 is 0 Å². The van der Waals surface area contributed by atoms with E-state index in [1.807, 2.05) is 18.2 Å². The van der Waals surface area contributed by atoms with Gasteiger partial charge in [-0.2, -0.15) is 0 Å². The summed E-state index contributed by atoms with van der Waals surface area (Å²) in [5.41, 5.74) is 0.768. The van der Waals surface area contributed by atoms with E-state index >= 15 is 0 Å². The summed E-state index contributed by atoms with van der Waals surface area (Å²) in [5.74, 6) is 1.28. The summed E-state index contributed by atoms with van der Waals surface area (Å²) in [6.07, 6.45) is 2.09. The van der Waals surface area contributed by atoms with Gasteiger partial charge in [-0.15, -0.1) is 0 Å². The molecule has 0 spiro atoms. The molecule has 122 valence electrons. The Hall–Kier alpha value is -2.44. The summed E-state index contributed by atoms with van der Waals surface area (Å²) < 4.78 is 11.1. The van der Waals surface area contributed by atoms with Gasteiger partial charge in [0.05, 0.1) is 0 Å². The molecular formula is C16H19N3O4. The molecule has 1 saturated carbocycles. The van der Waals surface area contributed by atoms with Crippen molar-refractivity contribution in [2.75, 3.05) is 37.7 Å². The molecule has 0 radical (unpaired) electrons. The van der Waals surface area contributed by atoms with Gasteiger partial charge in [-0.3, -0.25) is 9.69 Å². The number of urea groups is 1. The monoisotopic (exact) mass is 317 g/mol. The standard InChI is InChI=1S/C16H19N3O4/c20-15(17-11-1-2-11)10-18-5-6-19(16(18)21)12-3-4-13-14(9-12)23-8-7-22-13/h3-4,9,11H,1-2,5-8,10H2,(H,17,20). The van der Waals surface area contributed by atoms with Crippen molar-refractivity contribution in [1.82, 2.24) is 10.2 Å². The second kappa shape index (κ2) is 5.64. The molecule has 7 heteroatoms. The Bertz CT molecular complexity index is 644. The molecule has 2 aliphatic heterocycles. The summed E-state index contributed by atoms with van der Waals surface area (Å²) in [7, 11) is 0. The van der Waals surface area contributed by atoms with Crippen molar-refractivity contribution in [2.24, 2.45) is 0 Å². The van der Waals surface area contributed by atoms with Crippen LogP contribution in [0.5, 0.6) is 11.5 Å². The molecular weight excluding hydrogens is 298 g/mol. The molecule has 1 aliphatic carbocycles. The van der Waals surface area contributed by atoms with E-state index in [9.17, 15) is 9.59 Å². The molecule has 3 amide bonds. The second-order valence-electron chi connectivity index (χ2n) is 6.03. The Balaban J connectivity index is 1.43. The fourth-order valence-electron chi connectivity index (χ4n) is 2.84. The van der Waals surface area contributed by atoms with Crippen LogP contribution in [0.3, 0.4) is 0 Å². The predicted octanol–water partition coefficient (Wildman–Crippen LogP) is 0.978. The predicted molar refractivity (Wildman–Crippen MR) is 82.9 cm³/mol. The molecule has 1 aromatic rings. The van der Waals surface area contributed by atoms with Crippen LogP contribution in [0.15, 0.2) is 18.2 Å². The van der Waals surface area contributed by atoms with Crippen molar-refractivity contribution >= 4 is 17.6 Å². The van der Waals surface area contributed by atoms with Crippen molar-refractivity contribution in [2.45, 2.75) is 18.9 Å². The van der Waals surface area contributed by atoms with Crippen LogP contribution in [-0.2, 0) is 4.79 Å². The fraction of sp³-hybridized carbons (Fsp3) is 0.500. The van der Waals surface area contributed by atoms with Crippen LogP contribution in [0.1, 0.15) is 12.8 Å². The maximum Gasteiger partial charge on any atom is 0.325 e. The molecule has 0 unspecified atom stereocenters. The molecule has 1 N–H and O–H groups in total. The molecule has 2 fully saturated rings. The van der Waals surface area contributed by atoms with Gasteiger partial charge in [-0.25, -0.2) is 4.79 Å². The third-order valence-corrected chi connectivity index (χ3v) is 4.21. The first-order chi connectivity index (χ1) is 11.2. The fourth-order valence-corrected chi connectivity index (χ4v) is 2.84. The van der Waals surface area contributed by atoms with Crippen LogP contribution in [0.25, 0.3) is 0 Å². The number of amides is 3. The Kier molecular flexibility index (Phi) is 3.48. The maximum absolute atomic E-state index is 12.5. The molecule has 0 aromatic heterocycles. The minimum absolute atomic E-state index is 0.0788. The molecule has 2 heterocycles. The number of carbonyl (C=O) groups is 2. The van der Waals surface area contributed by atoms with Gasteiger partial charge in [0.2, 0.25) is 5.91 Å². The third kappa shape index (κ3) is 2.91. The largest absolute Gasteiger partial charge is 0.486 e. The molecule has 1 saturated heterocycles. The third-order valence-electron chi connectivity index (χ3n) is 4.21. The van der Waals surface area contributed by atoms with Gasteiger partial charge >= 0.3 is 6.03 Å². The van der Waals surface area contributed by atoms with Gasteiger partial charge in [0.1, 0.15) is 19.8 Å². The highest BCUT2D eigenvalue weighted by Crippen LogP contribution is 2.34. The number of hydrogen-bond donors (Lipinski definition) is 1. The highest BCUT2D eigenvalue weighted by atomic mass is 16.6. The van der Waals surface area contributed by atoms with E-state index in [4.69, 9.17) is 9.47 Å². The number of rotatable bonds is 4. The zero-order valence-electron chi connectivity index (χ0n) is 12.8. The molecule has 4 rings (SSSR count). The van der Waals surface area contributed by atoms with Crippen molar-refractivity contribution in [3.05, 3.63) is 18.2 Å². The maximum atomic E-state index is 12.5. The molecule has 23 heavy (non-hydrogen) atoms. The highest BCUT2D eigenvalue weighted by molar-refractivity contribution is 5.96. The average Bonchev–Trinajstić information content (AvgIpc) is 3.30. The summed E-state index contributed by atoms with van der Waals surface area (Å²) in [4.78, 5) is 27.6. The van der Waals surface area contributed by atoms with E-state index in [2.05, 4.69) is 5.32 Å². The van der Waals surface area contributed by atoms with Crippen LogP contribution in [0, 0.1) is 0 Å². The number of fused-ring (bicyclic) bond motifs is 1. The quantitative estimate of drug-likeness (QED) is 0.898. The van der Waals surface area contributed by atoms with Gasteiger partial charge in [0.15, 0.2) is 11.5 Å². The van der Waals surface area contributed by atoms with Crippen molar-refractivity contribution in [1.29, 1.82) is 0 Å². The number of carbonyl (C=O) groups excluding carboxylic acids is 2. The second-order valence-corrected chi connectivity index (χ2v) is 6.03. The zero-order chi connectivity index (χ0) is 15.8. The highest BCUT2D eigenvalue weighted by Gasteiger charge is 2.32. The van der Waals surface area contributed by atoms with Crippen LogP contribution in [0.2, 0.25) is 0 Å². The van der Waals surface area contributed by atoms with E-state index in [1.165, 1.54) is 0 Å². The van der Waals surface area contributed by atoms with Gasteiger partial charge in [-0.1, -0.05) is 0 Å². The van der Waals surface area contributed by atoms with Crippen LogP contribution in [-0.4, -0.2) is 55.7 Å². The van der Waals surface area contributed by atoms with Gasteiger partial charge < -0.3 is 19.7 Å². The first-order valence-electron chi connectivity index (χ1n) is 7.96. The van der Waals surface area contributed by atoms with Crippen molar-refractivity contribution in [3.63, 3.8) is 0 Å². The molecule has 1 aromatic carbocycles. The minimum Gasteiger partial charge on any atom is -0.486 e. The Morgan fingerprint density at radius 1 is 1.17 bits per heavy atom. The van der Waals surface area contributed by atoms with Gasteiger partial charge in [-0.05, 0) is 25.0 Å².